The first kappa shape index (κ1) is 69.1. The van der Waals surface area contributed by atoms with E-state index in [2.05, 4.69) is 479 Å². The predicted molar refractivity (Wildman–Crippen MR) is 499 cm³/mol. The van der Waals surface area contributed by atoms with Gasteiger partial charge >= 0.3 is 0 Å². The summed E-state index contributed by atoms with van der Waals surface area (Å²) in [5, 5.41) is 10.2. The Balaban J connectivity index is 0.000000143. The van der Waals surface area contributed by atoms with Gasteiger partial charge in [-0.2, -0.15) is 0 Å². The van der Waals surface area contributed by atoms with E-state index < -0.39 is 0 Å². The second kappa shape index (κ2) is 29.4. The summed E-state index contributed by atoms with van der Waals surface area (Å²) in [5.74, 6) is 0. The van der Waals surface area contributed by atoms with Crippen LogP contribution in [0.15, 0.2) is 461 Å². The number of rotatable bonds is 13. The highest BCUT2D eigenvalue weighted by molar-refractivity contribution is 6.13. The average Bonchev–Trinajstić information content (AvgIpc) is 1.72. The van der Waals surface area contributed by atoms with Gasteiger partial charge in [0.25, 0.3) is 0 Å². The quantitative estimate of drug-likeness (QED) is 0.110. The largest absolute Gasteiger partial charge is 0.309 e. The Labute approximate surface area is 684 Å². The molecular formula is C114H76N4. The molecule has 4 heteroatoms. The van der Waals surface area contributed by atoms with E-state index in [0.717, 1.165) is 22.7 Å². The van der Waals surface area contributed by atoms with Crippen LogP contribution < -0.4 is 0 Å². The molecule has 0 spiro atoms. The first-order valence-corrected chi connectivity index (χ1v) is 40.6. The van der Waals surface area contributed by atoms with Gasteiger partial charge in [-0.3, -0.25) is 0 Å². The third kappa shape index (κ3) is 12.4. The highest BCUT2D eigenvalue weighted by atomic mass is 15.0. The van der Waals surface area contributed by atoms with E-state index >= 15 is 0 Å². The molecule has 23 rings (SSSR count). The van der Waals surface area contributed by atoms with Crippen molar-refractivity contribution in [1.29, 1.82) is 0 Å². The Morgan fingerprint density at radius 3 is 0.441 bits per heavy atom. The lowest BCUT2D eigenvalue weighted by atomic mass is 9.90. The molecule has 0 aliphatic carbocycles. The lowest BCUT2D eigenvalue weighted by Gasteiger charge is -2.15. The molecule has 0 atom stereocenters. The predicted octanol–water partition coefficient (Wildman–Crippen LogP) is 30.8. The molecule has 23 aromatic rings. The molecule has 0 saturated carbocycles. The van der Waals surface area contributed by atoms with Gasteiger partial charge in [0.05, 0.1) is 44.1 Å². The number of nitrogens with zero attached hydrogens (tertiary/aromatic N) is 4. The summed E-state index contributed by atoms with van der Waals surface area (Å²) in [5.41, 5.74) is 35.7. The maximum Gasteiger partial charge on any atom is 0.0541 e. The monoisotopic (exact) mass is 1500 g/mol. The molecule has 118 heavy (non-hydrogen) atoms. The Morgan fingerprint density at radius 1 is 0.0932 bits per heavy atom. The average molecular weight is 1500 g/mol. The van der Waals surface area contributed by atoms with Crippen molar-refractivity contribution in [3.8, 4) is 123 Å². The van der Waals surface area contributed by atoms with Crippen molar-refractivity contribution >= 4 is 87.2 Å². The molecule has 19 aromatic carbocycles. The smallest absolute Gasteiger partial charge is 0.0541 e. The van der Waals surface area contributed by atoms with Crippen molar-refractivity contribution in [2.45, 2.75) is 0 Å². The molecule has 0 N–H and O–H groups in total. The zero-order valence-corrected chi connectivity index (χ0v) is 64.7. The van der Waals surface area contributed by atoms with Crippen LogP contribution in [0.1, 0.15) is 0 Å². The molecule has 0 fully saturated rings. The van der Waals surface area contributed by atoms with Gasteiger partial charge in [-0.25, -0.2) is 0 Å². The maximum atomic E-state index is 2.38. The van der Waals surface area contributed by atoms with E-state index in [1.54, 1.807) is 0 Å². The minimum absolute atomic E-state index is 1.15. The van der Waals surface area contributed by atoms with Crippen LogP contribution >= 0.6 is 0 Å². The fourth-order valence-corrected chi connectivity index (χ4v) is 18.2. The van der Waals surface area contributed by atoms with Crippen LogP contribution in [-0.4, -0.2) is 18.3 Å². The van der Waals surface area contributed by atoms with Crippen molar-refractivity contribution in [2.75, 3.05) is 0 Å². The van der Waals surface area contributed by atoms with Gasteiger partial charge in [0.15, 0.2) is 0 Å². The van der Waals surface area contributed by atoms with E-state index in [1.165, 1.54) is 187 Å². The normalized spacial score (nSPS) is 11.6. The number of hydrogen-bond donors (Lipinski definition) is 0. The van der Waals surface area contributed by atoms with Crippen LogP contribution in [-0.2, 0) is 0 Å². The van der Waals surface area contributed by atoms with E-state index in [1.807, 2.05) is 0 Å². The molecule has 552 valence electrons. The third-order valence-electron chi connectivity index (χ3n) is 23.8. The summed E-state index contributed by atoms with van der Waals surface area (Å²) < 4.78 is 9.51. The van der Waals surface area contributed by atoms with Gasteiger partial charge in [0.1, 0.15) is 0 Å². The van der Waals surface area contributed by atoms with Crippen molar-refractivity contribution < 1.29 is 0 Å². The highest BCUT2D eigenvalue weighted by Gasteiger charge is 2.20. The van der Waals surface area contributed by atoms with Crippen LogP contribution in [0.4, 0.5) is 0 Å². The summed E-state index contributed by atoms with van der Waals surface area (Å²) in [7, 11) is 0. The van der Waals surface area contributed by atoms with Gasteiger partial charge in [-0.15, -0.1) is 0 Å². The highest BCUT2D eigenvalue weighted by Crippen LogP contribution is 2.43. The molecule has 0 aliphatic heterocycles. The van der Waals surface area contributed by atoms with Gasteiger partial charge in [0, 0.05) is 65.8 Å². The van der Waals surface area contributed by atoms with Crippen molar-refractivity contribution in [2.24, 2.45) is 0 Å². The van der Waals surface area contributed by atoms with Crippen LogP contribution in [0, 0.1) is 0 Å². The summed E-state index contributed by atoms with van der Waals surface area (Å²) in [6, 6.07) is 168. The molecule has 4 heterocycles. The Morgan fingerprint density at radius 2 is 0.229 bits per heavy atom. The number of aromatic nitrogens is 4. The first-order chi connectivity index (χ1) is 58.5. The number of fused-ring (bicyclic) bond motifs is 12. The van der Waals surface area contributed by atoms with Crippen LogP contribution in [0.3, 0.4) is 0 Å². The van der Waals surface area contributed by atoms with Gasteiger partial charge in [0.2, 0.25) is 0 Å². The van der Waals surface area contributed by atoms with Crippen molar-refractivity contribution in [3.63, 3.8) is 0 Å². The third-order valence-corrected chi connectivity index (χ3v) is 23.8. The fraction of sp³-hybridized carbons (Fsp3) is 0. The lowest BCUT2D eigenvalue weighted by molar-refractivity contribution is 1.18. The zero-order valence-electron chi connectivity index (χ0n) is 64.7. The Bertz CT molecular complexity index is 7280. The molecule has 0 radical (unpaired) electrons. The molecular weight excluding hydrogens is 1430 g/mol. The number of para-hydroxylation sites is 8. The molecule has 0 saturated heterocycles. The Hall–Kier alpha value is -15.6. The summed E-state index contributed by atoms with van der Waals surface area (Å²) in [6.45, 7) is 0. The van der Waals surface area contributed by atoms with Crippen molar-refractivity contribution in [3.05, 3.63) is 461 Å². The van der Waals surface area contributed by atoms with Gasteiger partial charge < -0.3 is 18.3 Å². The van der Waals surface area contributed by atoms with E-state index in [-0.39, 0.29) is 0 Å². The second-order valence-electron chi connectivity index (χ2n) is 30.7. The van der Waals surface area contributed by atoms with Crippen LogP contribution in [0.2, 0.25) is 0 Å². The summed E-state index contributed by atoms with van der Waals surface area (Å²) in [4.78, 5) is 0. The maximum absolute atomic E-state index is 2.38. The molecule has 0 aliphatic rings. The van der Waals surface area contributed by atoms with E-state index in [9.17, 15) is 0 Å². The van der Waals surface area contributed by atoms with Crippen LogP contribution in [0.5, 0.6) is 0 Å². The number of benzene rings is 19. The molecule has 4 aromatic heterocycles. The van der Waals surface area contributed by atoms with Crippen LogP contribution in [0.25, 0.3) is 210 Å². The molecule has 0 bridgehead atoms. The topological polar surface area (TPSA) is 19.7 Å². The fourth-order valence-electron chi connectivity index (χ4n) is 18.2. The van der Waals surface area contributed by atoms with Crippen molar-refractivity contribution in [1.82, 2.24) is 18.3 Å². The second-order valence-corrected chi connectivity index (χ2v) is 30.7. The summed E-state index contributed by atoms with van der Waals surface area (Å²) >= 11 is 0. The van der Waals surface area contributed by atoms with Gasteiger partial charge in [-0.05, 0) is 258 Å². The molecule has 0 amide bonds. The molecule has 4 nitrogen and oxygen atoms in total. The minimum atomic E-state index is 1.15. The Kier molecular flexibility index (Phi) is 17.2. The first-order valence-electron chi connectivity index (χ1n) is 40.6. The zero-order chi connectivity index (χ0) is 78.0. The van der Waals surface area contributed by atoms with E-state index in [4.69, 9.17) is 0 Å². The lowest BCUT2D eigenvalue weighted by Crippen LogP contribution is -1.94. The molecule has 0 unspecified atom stereocenters. The standard InChI is InChI=1S/C60H40N2.C54H36N2/c1-3-15-41(16-4-1)45-35-47(43-27-31-51(32-28-43)61-57-23-11-7-19-53(57)54-20-8-12-24-58(54)61)39-49(37-45)50-38-46(42-17-5-2-6-18-42)36-48(40-50)44-29-33-52(34-30-44)62-59-25-13-9-21-55(59)56-22-10-14-26-60(56)62;1-2-13-37(14-3-1)42-34-43(39-27-31-46(32-28-39)56-53-23-10-6-19-49(53)50-20-7-11-24-54(50)56)36-44(35-42)41-16-12-15-40(33-41)38-25-29-45(30-26-38)55-51-21-8-4-17-47(51)48-18-5-9-22-52(48)55/h1-40H;1-36H. The SMILES string of the molecule is c1ccc(-c2cc(-c3ccc(-n4c5ccccc5c5ccccc54)cc3)cc(-c3cc(-c4ccccc4)cc(-c4ccc(-n5c6ccccc6c6ccccc65)cc4)c3)c2)cc1.c1ccc(-c2cc(-c3ccc(-n4c5ccccc5c5ccccc54)cc3)cc(-c3cccc(-c4ccc(-n5c6ccccc6c6ccccc65)cc4)c3)c2)cc1. The van der Waals surface area contributed by atoms with E-state index in [0.29, 0.717) is 0 Å². The van der Waals surface area contributed by atoms with Gasteiger partial charge in [-0.1, -0.05) is 303 Å². The summed E-state index contributed by atoms with van der Waals surface area (Å²) in [6.07, 6.45) is 0. The number of hydrogen-bond acceptors (Lipinski definition) is 0. The minimum Gasteiger partial charge on any atom is -0.309 e.